The first-order valence-electron chi connectivity index (χ1n) is 8.43. The van der Waals surface area contributed by atoms with Gasteiger partial charge in [-0.1, -0.05) is 43.4 Å². The number of aryl methyl sites for hydroxylation is 1. The first-order chi connectivity index (χ1) is 11.9. The molecule has 25 heavy (non-hydrogen) atoms. The van der Waals surface area contributed by atoms with Gasteiger partial charge in [0.1, 0.15) is 5.01 Å². The van der Waals surface area contributed by atoms with Crippen molar-refractivity contribution in [2.75, 3.05) is 16.8 Å². The molecule has 0 saturated carbocycles. The molecule has 1 N–H and O–H groups in total. The number of benzene rings is 1. The molecule has 1 aliphatic rings. The molecule has 0 spiro atoms. The van der Waals surface area contributed by atoms with Crippen molar-refractivity contribution < 1.29 is 9.59 Å². The molecule has 2 aromatic rings. The zero-order valence-electron chi connectivity index (χ0n) is 14.7. The monoisotopic (exact) mass is 358 g/mol. The van der Waals surface area contributed by atoms with Crippen LogP contribution in [-0.2, 0) is 16.0 Å². The predicted octanol–water partition coefficient (Wildman–Crippen LogP) is 3.04. The van der Waals surface area contributed by atoms with Crippen molar-refractivity contribution in [3.8, 4) is 0 Å². The van der Waals surface area contributed by atoms with E-state index in [1.54, 1.807) is 4.90 Å². The van der Waals surface area contributed by atoms with Crippen LogP contribution in [0.2, 0.25) is 0 Å². The molecule has 2 amide bonds. The molecule has 6 nitrogen and oxygen atoms in total. The van der Waals surface area contributed by atoms with Crippen molar-refractivity contribution in [3.05, 3.63) is 34.8 Å². The van der Waals surface area contributed by atoms with Gasteiger partial charge in [0.05, 0.1) is 5.92 Å². The van der Waals surface area contributed by atoms with E-state index in [9.17, 15) is 9.59 Å². The van der Waals surface area contributed by atoms with Crippen LogP contribution in [0.15, 0.2) is 24.3 Å². The summed E-state index contributed by atoms with van der Waals surface area (Å²) in [5, 5.41) is 12.4. The molecule has 1 aromatic carbocycles. The molecular weight excluding hydrogens is 336 g/mol. The highest BCUT2D eigenvalue weighted by Crippen LogP contribution is 2.28. The average molecular weight is 358 g/mol. The summed E-state index contributed by atoms with van der Waals surface area (Å²) in [6.45, 7) is 6.59. The van der Waals surface area contributed by atoms with Crippen LogP contribution < -0.4 is 10.2 Å². The fourth-order valence-corrected chi connectivity index (χ4v) is 3.88. The molecule has 0 unspecified atom stereocenters. The largest absolute Gasteiger partial charge is 0.311 e. The highest BCUT2D eigenvalue weighted by atomic mass is 32.1. The fourth-order valence-electron chi connectivity index (χ4n) is 2.93. The van der Waals surface area contributed by atoms with E-state index in [2.05, 4.69) is 29.4 Å². The number of hydrogen-bond acceptors (Lipinski definition) is 5. The summed E-state index contributed by atoms with van der Waals surface area (Å²) in [6, 6.07) is 7.72. The molecule has 1 aliphatic heterocycles. The second-order valence-corrected chi connectivity index (χ2v) is 7.84. The summed E-state index contributed by atoms with van der Waals surface area (Å²) < 4.78 is 0. The third-order valence-corrected chi connectivity index (χ3v) is 5.04. The second kappa shape index (κ2) is 7.31. The number of para-hydroxylation sites is 1. The molecule has 3 rings (SSSR count). The summed E-state index contributed by atoms with van der Waals surface area (Å²) >= 11 is 1.40. The molecule has 1 saturated heterocycles. The van der Waals surface area contributed by atoms with Gasteiger partial charge in [-0.25, -0.2) is 0 Å². The number of carbonyl (C=O) groups is 2. The number of nitrogens with zero attached hydrogens (tertiary/aromatic N) is 3. The van der Waals surface area contributed by atoms with Gasteiger partial charge in [-0.2, -0.15) is 0 Å². The Morgan fingerprint density at radius 1 is 1.36 bits per heavy atom. The van der Waals surface area contributed by atoms with Crippen molar-refractivity contribution in [1.29, 1.82) is 0 Å². The van der Waals surface area contributed by atoms with Crippen LogP contribution in [0.25, 0.3) is 0 Å². The van der Waals surface area contributed by atoms with Crippen LogP contribution in [0.1, 0.15) is 30.8 Å². The van der Waals surface area contributed by atoms with Crippen molar-refractivity contribution in [1.82, 2.24) is 10.2 Å². The Morgan fingerprint density at radius 3 is 2.84 bits per heavy atom. The van der Waals surface area contributed by atoms with E-state index in [4.69, 9.17) is 0 Å². The molecule has 1 fully saturated rings. The van der Waals surface area contributed by atoms with E-state index < -0.39 is 0 Å². The van der Waals surface area contributed by atoms with Gasteiger partial charge in [-0.05, 0) is 24.5 Å². The molecule has 132 valence electrons. The fraction of sp³-hybridized carbons (Fsp3) is 0.444. The van der Waals surface area contributed by atoms with Crippen molar-refractivity contribution in [2.45, 2.75) is 33.6 Å². The van der Waals surface area contributed by atoms with E-state index in [-0.39, 0.29) is 24.2 Å². The molecule has 1 aromatic heterocycles. The second-order valence-electron chi connectivity index (χ2n) is 6.78. The first-order valence-corrected chi connectivity index (χ1v) is 9.25. The third-order valence-electron chi connectivity index (χ3n) is 4.18. The van der Waals surface area contributed by atoms with E-state index >= 15 is 0 Å². The van der Waals surface area contributed by atoms with E-state index in [1.807, 2.05) is 31.2 Å². The summed E-state index contributed by atoms with van der Waals surface area (Å²) in [6.07, 6.45) is 1.06. The number of carbonyl (C=O) groups excluding carboxylic acids is 2. The summed E-state index contributed by atoms with van der Waals surface area (Å²) in [4.78, 5) is 26.5. The lowest BCUT2D eigenvalue weighted by Crippen LogP contribution is -2.28. The van der Waals surface area contributed by atoms with Crippen molar-refractivity contribution in [3.63, 3.8) is 0 Å². The van der Waals surface area contributed by atoms with Crippen LogP contribution >= 0.6 is 11.3 Å². The van der Waals surface area contributed by atoms with Gasteiger partial charge in [-0.3, -0.25) is 9.59 Å². The summed E-state index contributed by atoms with van der Waals surface area (Å²) in [5.74, 6) is -0.0694. The SMILES string of the molecule is Cc1ccccc1N1C[C@H](C(=O)Nc2nnc(CC(C)C)s2)CC1=O. The van der Waals surface area contributed by atoms with E-state index in [0.717, 1.165) is 22.7 Å². The van der Waals surface area contributed by atoms with Gasteiger partial charge in [0.15, 0.2) is 0 Å². The third kappa shape index (κ3) is 4.04. The maximum Gasteiger partial charge on any atom is 0.231 e. The molecule has 1 atom stereocenters. The van der Waals surface area contributed by atoms with Crippen LogP contribution in [-0.4, -0.2) is 28.6 Å². The van der Waals surface area contributed by atoms with Crippen molar-refractivity contribution >= 4 is 34.0 Å². The quantitative estimate of drug-likeness (QED) is 0.891. The first kappa shape index (κ1) is 17.5. The smallest absolute Gasteiger partial charge is 0.231 e. The lowest BCUT2D eigenvalue weighted by molar-refractivity contribution is -0.122. The molecule has 0 aliphatic carbocycles. The Balaban J connectivity index is 1.65. The van der Waals surface area contributed by atoms with Gasteiger partial charge in [0.25, 0.3) is 0 Å². The Morgan fingerprint density at radius 2 is 2.12 bits per heavy atom. The van der Waals surface area contributed by atoms with Crippen LogP contribution in [0.5, 0.6) is 0 Å². The van der Waals surface area contributed by atoms with Crippen LogP contribution in [0.4, 0.5) is 10.8 Å². The van der Waals surface area contributed by atoms with E-state index in [0.29, 0.717) is 17.6 Å². The van der Waals surface area contributed by atoms with Crippen molar-refractivity contribution in [2.24, 2.45) is 11.8 Å². The zero-order chi connectivity index (χ0) is 18.0. The maximum atomic E-state index is 12.5. The Bertz CT molecular complexity index is 787. The molecule has 2 heterocycles. The lowest BCUT2D eigenvalue weighted by atomic mass is 10.1. The topological polar surface area (TPSA) is 75.2 Å². The maximum absolute atomic E-state index is 12.5. The van der Waals surface area contributed by atoms with Gasteiger partial charge < -0.3 is 10.2 Å². The van der Waals surface area contributed by atoms with E-state index in [1.165, 1.54) is 11.3 Å². The number of anilines is 2. The Kier molecular flexibility index (Phi) is 5.13. The Hall–Kier alpha value is -2.28. The summed E-state index contributed by atoms with van der Waals surface area (Å²) in [5.41, 5.74) is 1.90. The molecule has 7 heteroatoms. The molecule has 0 radical (unpaired) electrons. The normalized spacial score (nSPS) is 17.4. The number of nitrogens with one attached hydrogen (secondary N) is 1. The van der Waals surface area contributed by atoms with Gasteiger partial charge >= 0.3 is 0 Å². The van der Waals surface area contributed by atoms with Crippen LogP contribution in [0.3, 0.4) is 0 Å². The predicted molar refractivity (Wildman–Crippen MR) is 98.7 cm³/mol. The average Bonchev–Trinajstić information content (AvgIpc) is 3.14. The Labute approximate surface area is 151 Å². The lowest BCUT2D eigenvalue weighted by Gasteiger charge is -2.18. The highest BCUT2D eigenvalue weighted by molar-refractivity contribution is 7.15. The van der Waals surface area contributed by atoms with Crippen LogP contribution in [0, 0.1) is 18.8 Å². The minimum atomic E-state index is -0.371. The standard InChI is InChI=1S/C18H22N4O2S/c1-11(2)8-15-20-21-18(25-15)19-17(24)13-9-16(23)22(10-13)14-7-5-4-6-12(14)3/h4-7,11,13H,8-10H2,1-3H3,(H,19,21,24)/t13-/m1/s1. The number of rotatable bonds is 5. The number of aromatic nitrogens is 2. The molecular formula is C18H22N4O2S. The zero-order valence-corrected chi connectivity index (χ0v) is 15.5. The van der Waals surface area contributed by atoms with Gasteiger partial charge in [-0.15, -0.1) is 10.2 Å². The summed E-state index contributed by atoms with van der Waals surface area (Å²) in [7, 11) is 0. The minimum absolute atomic E-state index is 0.0211. The minimum Gasteiger partial charge on any atom is -0.311 e. The van der Waals surface area contributed by atoms with Gasteiger partial charge in [0, 0.05) is 25.1 Å². The molecule has 0 bridgehead atoms. The number of amides is 2. The highest BCUT2D eigenvalue weighted by Gasteiger charge is 2.35. The van der Waals surface area contributed by atoms with Gasteiger partial charge in [0.2, 0.25) is 16.9 Å². The number of hydrogen-bond donors (Lipinski definition) is 1.